The normalized spacial score (nSPS) is 27.2. The van der Waals surface area contributed by atoms with Gasteiger partial charge in [0.05, 0.1) is 12.2 Å². The highest BCUT2D eigenvalue weighted by Gasteiger charge is 2.40. The Labute approximate surface area is 143 Å². The first-order valence-corrected chi connectivity index (χ1v) is 10.8. The largest absolute Gasteiger partial charge is 0.342 e. The van der Waals surface area contributed by atoms with Gasteiger partial charge in [-0.15, -0.1) is 0 Å². The van der Waals surface area contributed by atoms with E-state index in [9.17, 15) is 18.0 Å². The minimum Gasteiger partial charge on any atom is -0.342 e. The summed E-state index contributed by atoms with van der Waals surface area (Å²) in [7, 11) is -3.21. The Bertz CT molecular complexity index is 592. The van der Waals surface area contributed by atoms with Gasteiger partial charge in [-0.3, -0.25) is 9.59 Å². The van der Waals surface area contributed by atoms with Gasteiger partial charge in [-0.2, -0.15) is 0 Å². The lowest BCUT2D eigenvalue weighted by atomic mass is 10.0. The van der Waals surface area contributed by atoms with E-state index in [0.717, 1.165) is 19.1 Å². The summed E-state index contributed by atoms with van der Waals surface area (Å²) in [5, 5.41) is 0. The molecule has 1 saturated carbocycles. The molecule has 1 atom stereocenters. The van der Waals surface area contributed by atoms with Crippen molar-refractivity contribution in [2.24, 2.45) is 5.92 Å². The molecule has 2 amide bonds. The summed E-state index contributed by atoms with van der Waals surface area (Å²) in [5.41, 5.74) is 0. The van der Waals surface area contributed by atoms with Crippen LogP contribution in [0, 0.1) is 5.92 Å². The van der Waals surface area contributed by atoms with Crippen molar-refractivity contribution >= 4 is 21.8 Å². The summed E-state index contributed by atoms with van der Waals surface area (Å²) < 4.78 is 25.2. The van der Waals surface area contributed by atoms with Crippen LogP contribution in [0.25, 0.3) is 0 Å². The third kappa shape index (κ3) is 4.08. The number of carbonyl (C=O) groups excluding carboxylic acids is 2. The number of amides is 2. The van der Waals surface area contributed by atoms with Crippen LogP contribution in [0.2, 0.25) is 0 Å². The molecule has 0 spiro atoms. The predicted molar refractivity (Wildman–Crippen MR) is 89.7 cm³/mol. The van der Waals surface area contributed by atoms with E-state index >= 15 is 0 Å². The first-order valence-electron chi connectivity index (χ1n) is 8.89. The van der Waals surface area contributed by atoms with Crippen LogP contribution < -0.4 is 4.72 Å². The molecule has 1 N–H and O–H groups in total. The molecule has 3 fully saturated rings. The molecule has 0 aromatic carbocycles. The Morgan fingerprint density at radius 3 is 2.33 bits per heavy atom. The molecule has 2 saturated heterocycles. The Hall–Kier alpha value is -1.15. The zero-order valence-corrected chi connectivity index (χ0v) is 15.1. The average molecular weight is 357 g/mol. The highest BCUT2D eigenvalue weighted by molar-refractivity contribution is 7.88. The molecule has 24 heavy (non-hydrogen) atoms. The number of nitrogens with one attached hydrogen (secondary N) is 1. The van der Waals surface area contributed by atoms with E-state index in [0.29, 0.717) is 44.9 Å². The summed E-state index contributed by atoms with van der Waals surface area (Å²) >= 11 is 0. The number of hydrogen-bond donors (Lipinski definition) is 1. The first kappa shape index (κ1) is 17.7. The van der Waals surface area contributed by atoms with E-state index in [4.69, 9.17) is 0 Å². The maximum absolute atomic E-state index is 12.7. The van der Waals surface area contributed by atoms with Crippen molar-refractivity contribution in [1.82, 2.24) is 14.5 Å². The molecule has 7 nitrogen and oxygen atoms in total. The van der Waals surface area contributed by atoms with Gasteiger partial charge in [-0.05, 0) is 25.7 Å². The van der Waals surface area contributed by atoms with Crippen molar-refractivity contribution in [1.29, 1.82) is 0 Å². The van der Waals surface area contributed by atoms with Gasteiger partial charge in [0.25, 0.3) is 0 Å². The van der Waals surface area contributed by atoms with Crippen molar-refractivity contribution in [2.75, 3.05) is 25.9 Å². The standard InChI is InChI=1S/C16H27N3O4S/c1-24(22,23)17-13-6-8-18(9-7-13)16(21)12-10-15(20)19(11-12)14-4-2-3-5-14/h12-14,17H,2-11H2,1H3. The molecule has 3 rings (SSSR count). The van der Waals surface area contributed by atoms with Crippen LogP contribution in [0.5, 0.6) is 0 Å². The molecule has 1 unspecified atom stereocenters. The molecule has 0 bridgehead atoms. The quantitative estimate of drug-likeness (QED) is 0.785. The summed E-state index contributed by atoms with van der Waals surface area (Å²) in [6, 6.07) is 0.240. The molecule has 0 radical (unpaired) electrons. The van der Waals surface area contributed by atoms with Gasteiger partial charge in [0.15, 0.2) is 0 Å². The lowest BCUT2D eigenvalue weighted by molar-refractivity contribution is -0.136. The Balaban J connectivity index is 1.51. The number of sulfonamides is 1. The van der Waals surface area contributed by atoms with Crippen molar-refractivity contribution in [3.8, 4) is 0 Å². The van der Waals surface area contributed by atoms with Gasteiger partial charge in [0.2, 0.25) is 21.8 Å². The van der Waals surface area contributed by atoms with Gasteiger partial charge >= 0.3 is 0 Å². The Morgan fingerprint density at radius 1 is 1.12 bits per heavy atom. The van der Waals surface area contributed by atoms with Crippen LogP contribution in [-0.2, 0) is 19.6 Å². The van der Waals surface area contributed by atoms with Crippen LogP contribution in [-0.4, -0.2) is 68.0 Å². The molecular weight excluding hydrogens is 330 g/mol. The molecule has 1 aliphatic carbocycles. The summed E-state index contributed by atoms with van der Waals surface area (Å²) in [4.78, 5) is 28.7. The number of hydrogen-bond acceptors (Lipinski definition) is 4. The lowest BCUT2D eigenvalue weighted by Gasteiger charge is -2.33. The molecule has 0 aromatic heterocycles. The number of carbonyl (C=O) groups is 2. The van der Waals surface area contributed by atoms with Crippen molar-refractivity contribution < 1.29 is 18.0 Å². The molecule has 2 aliphatic heterocycles. The maximum Gasteiger partial charge on any atom is 0.227 e. The van der Waals surface area contributed by atoms with E-state index < -0.39 is 10.0 Å². The highest BCUT2D eigenvalue weighted by atomic mass is 32.2. The second-order valence-electron chi connectivity index (χ2n) is 7.38. The number of likely N-dealkylation sites (tertiary alicyclic amines) is 2. The summed E-state index contributed by atoms with van der Waals surface area (Å²) in [6.07, 6.45) is 7.23. The van der Waals surface area contributed by atoms with Crippen molar-refractivity contribution in [3.05, 3.63) is 0 Å². The van der Waals surface area contributed by atoms with Gasteiger partial charge in [0, 0.05) is 38.1 Å². The molecule has 2 heterocycles. The van der Waals surface area contributed by atoms with E-state index in [1.165, 1.54) is 12.8 Å². The van der Waals surface area contributed by atoms with Crippen LogP contribution in [0.4, 0.5) is 0 Å². The second kappa shape index (κ2) is 7.00. The Kier molecular flexibility index (Phi) is 5.15. The monoisotopic (exact) mass is 357 g/mol. The highest BCUT2D eigenvalue weighted by Crippen LogP contribution is 2.30. The van der Waals surface area contributed by atoms with E-state index in [2.05, 4.69) is 4.72 Å². The number of piperidine rings is 1. The SMILES string of the molecule is CS(=O)(=O)NC1CCN(C(=O)C2CC(=O)N(C3CCCC3)C2)CC1. The smallest absolute Gasteiger partial charge is 0.227 e. The fraction of sp³-hybridized carbons (Fsp3) is 0.875. The minimum absolute atomic E-state index is 0.0571. The maximum atomic E-state index is 12.7. The molecule has 0 aromatic rings. The topological polar surface area (TPSA) is 86.8 Å². The summed E-state index contributed by atoms with van der Waals surface area (Å²) in [5.74, 6) is -0.0481. The van der Waals surface area contributed by atoms with Crippen LogP contribution >= 0.6 is 0 Å². The summed E-state index contributed by atoms with van der Waals surface area (Å²) in [6.45, 7) is 1.67. The van der Waals surface area contributed by atoms with Crippen LogP contribution in [0.1, 0.15) is 44.9 Å². The van der Waals surface area contributed by atoms with Gasteiger partial charge in [-0.1, -0.05) is 12.8 Å². The molecule has 8 heteroatoms. The van der Waals surface area contributed by atoms with Gasteiger partial charge < -0.3 is 9.80 Å². The van der Waals surface area contributed by atoms with E-state index in [1.54, 1.807) is 4.90 Å². The van der Waals surface area contributed by atoms with E-state index in [-0.39, 0.29) is 23.8 Å². The zero-order valence-electron chi connectivity index (χ0n) is 14.2. The fourth-order valence-electron chi connectivity index (χ4n) is 4.24. The number of rotatable bonds is 4. The van der Waals surface area contributed by atoms with Crippen molar-refractivity contribution in [3.63, 3.8) is 0 Å². The average Bonchev–Trinajstić information content (AvgIpc) is 3.14. The van der Waals surface area contributed by atoms with E-state index in [1.807, 2.05) is 4.90 Å². The molecular formula is C16H27N3O4S. The molecule has 136 valence electrons. The fourth-order valence-corrected chi connectivity index (χ4v) is 5.09. The first-order chi connectivity index (χ1) is 11.3. The van der Waals surface area contributed by atoms with Crippen LogP contribution in [0.3, 0.4) is 0 Å². The zero-order chi connectivity index (χ0) is 17.3. The third-order valence-electron chi connectivity index (χ3n) is 5.46. The number of nitrogens with zero attached hydrogens (tertiary/aromatic N) is 2. The minimum atomic E-state index is -3.21. The van der Waals surface area contributed by atoms with Crippen molar-refractivity contribution in [2.45, 2.75) is 57.0 Å². The second-order valence-corrected chi connectivity index (χ2v) is 9.16. The lowest BCUT2D eigenvalue weighted by Crippen LogP contribution is -2.48. The molecule has 3 aliphatic rings. The Morgan fingerprint density at radius 2 is 1.75 bits per heavy atom. The predicted octanol–water partition coefficient (Wildman–Crippen LogP) is 0.318. The van der Waals surface area contributed by atoms with Gasteiger partial charge in [0.1, 0.15) is 0 Å². The van der Waals surface area contributed by atoms with Gasteiger partial charge in [-0.25, -0.2) is 13.1 Å². The van der Waals surface area contributed by atoms with Crippen LogP contribution in [0.15, 0.2) is 0 Å². The third-order valence-corrected chi connectivity index (χ3v) is 6.22.